The molecule has 2 unspecified atom stereocenters. The summed E-state index contributed by atoms with van der Waals surface area (Å²) in [5, 5.41) is 8.12. The lowest BCUT2D eigenvalue weighted by molar-refractivity contribution is -0.128. The molecule has 0 aromatic carbocycles. The van der Waals surface area contributed by atoms with Gasteiger partial charge < -0.3 is 16.0 Å². The smallest absolute Gasteiger partial charge is 0.242 e. The first kappa shape index (κ1) is 13.9. The summed E-state index contributed by atoms with van der Waals surface area (Å²) < 4.78 is 0. The van der Waals surface area contributed by atoms with E-state index in [0.29, 0.717) is 0 Å². The van der Waals surface area contributed by atoms with E-state index in [-0.39, 0.29) is 24.4 Å². The highest BCUT2D eigenvalue weighted by atomic mass is 16.2. The van der Waals surface area contributed by atoms with Crippen LogP contribution >= 0.6 is 0 Å². The zero-order chi connectivity index (χ0) is 11.8. The van der Waals surface area contributed by atoms with Crippen molar-refractivity contribution >= 4 is 11.8 Å². The van der Waals surface area contributed by atoms with Crippen molar-refractivity contribution in [3.05, 3.63) is 0 Å². The van der Waals surface area contributed by atoms with Gasteiger partial charge in [0.2, 0.25) is 11.8 Å². The number of nitrogens with one attached hydrogen (secondary N) is 3. The third kappa shape index (κ3) is 6.06. The van der Waals surface area contributed by atoms with Gasteiger partial charge in [-0.3, -0.25) is 9.59 Å². The van der Waals surface area contributed by atoms with E-state index in [0.717, 1.165) is 6.42 Å². The van der Waals surface area contributed by atoms with Gasteiger partial charge in [-0.25, -0.2) is 0 Å². The molecule has 0 aliphatic heterocycles. The van der Waals surface area contributed by atoms with E-state index in [1.807, 2.05) is 13.8 Å². The zero-order valence-electron chi connectivity index (χ0n) is 9.89. The molecule has 3 N–H and O–H groups in total. The van der Waals surface area contributed by atoms with E-state index in [9.17, 15) is 9.59 Å². The van der Waals surface area contributed by atoms with Crippen molar-refractivity contribution in [2.24, 2.45) is 0 Å². The lowest BCUT2D eigenvalue weighted by Gasteiger charge is -2.17. The summed E-state index contributed by atoms with van der Waals surface area (Å²) in [6.45, 7) is 5.82. The van der Waals surface area contributed by atoms with Crippen molar-refractivity contribution in [2.45, 2.75) is 39.3 Å². The summed E-state index contributed by atoms with van der Waals surface area (Å²) in [4.78, 5) is 22.7. The molecule has 0 radical (unpaired) electrons. The van der Waals surface area contributed by atoms with Gasteiger partial charge in [-0.05, 0) is 27.3 Å². The Balaban J connectivity index is 3.93. The average Bonchev–Trinajstić information content (AvgIpc) is 2.17. The fraction of sp³-hybridized carbons (Fsp3) is 0.800. The van der Waals surface area contributed by atoms with Gasteiger partial charge in [0.05, 0.1) is 6.54 Å². The Labute approximate surface area is 91.0 Å². The third-order valence-electron chi connectivity index (χ3n) is 2.11. The van der Waals surface area contributed by atoms with Crippen LogP contribution in [0.3, 0.4) is 0 Å². The first-order chi connectivity index (χ1) is 7.01. The molecule has 0 saturated heterocycles. The van der Waals surface area contributed by atoms with Crippen LogP contribution in [0.1, 0.15) is 27.2 Å². The topological polar surface area (TPSA) is 70.2 Å². The van der Waals surface area contributed by atoms with Gasteiger partial charge >= 0.3 is 0 Å². The van der Waals surface area contributed by atoms with Crippen LogP contribution in [0.2, 0.25) is 0 Å². The number of hydrogen-bond acceptors (Lipinski definition) is 3. The molecule has 0 aromatic heterocycles. The SMILES string of the molecule is CCC(C)NC(=O)C(C)NC(=O)CNC. The third-order valence-corrected chi connectivity index (χ3v) is 2.11. The van der Waals surface area contributed by atoms with E-state index >= 15 is 0 Å². The molecule has 2 amide bonds. The minimum Gasteiger partial charge on any atom is -0.352 e. The molecule has 0 aliphatic carbocycles. The summed E-state index contributed by atoms with van der Waals surface area (Å²) >= 11 is 0. The summed E-state index contributed by atoms with van der Waals surface area (Å²) in [6, 6.07) is -0.346. The minimum absolute atomic E-state index is 0.140. The van der Waals surface area contributed by atoms with Gasteiger partial charge in [0.25, 0.3) is 0 Å². The van der Waals surface area contributed by atoms with Gasteiger partial charge in [0.1, 0.15) is 6.04 Å². The van der Waals surface area contributed by atoms with Crippen LogP contribution in [-0.4, -0.2) is 37.5 Å². The Bertz CT molecular complexity index is 219. The quantitative estimate of drug-likeness (QED) is 0.566. The van der Waals surface area contributed by atoms with Crippen molar-refractivity contribution in [3.8, 4) is 0 Å². The van der Waals surface area contributed by atoms with Crippen LogP contribution in [0.5, 0.6) is 0 Å². The largest absolute Gasteiger partial charge is 0.352 e. The molecular weight excluding hydrogens is 194 g/mol. The molecule has 0 aromatic rings. The highest BCUT2D eigenvalue weighted by molar-refractivity contribution is 5.88. The Morgan fingerprint density at radius 1 is 1.20 bits per heavy atom. The predicted molar refractivity (Wildman–Crippen MR) is 59.4 cm³/mol. The monoisotopic (exact) mass is 215 g/mol. The Morgan fingerprint density at radius 2 is 1.80 bits per heavy atom. The summed E-state index contributed by atoms with van der Waals surface area (Å²) in [7, 11) is 1.68. The first-order valence-electron chi connectivity index (χ1n) is 5.25. The van der Waals surface area contributed by atoms with Crippen LogP contribution < -0.4 is 16.0 Å². The van der Waals surface area contributed by atoms with Gasteiger partial charge in [-0.2, -0.15) is 0 Å². The van der Waals surface area contributed by atoms with Crippen LogP contribution in [0.4, 0.5) is 0 Å². The van der Waals surface area contributed by atoms with E-state index in [2.05, 4.69) is 16.0 Å². The molecule has 15 heavy (non-hydrogen) atoms. The number of amides is 2. The van der Waals surface area contributed by atoms with Crippen molar-refractivity contribution in [1.29, 1.82) is 0 Å². The number of rotatable bonds is 6. The molecule has 0 fully saturated rings. The Hall–Kier alpha value is -1.10. The second-order valence-electron chi connectivity index (χ2n) is 3.64. The minimum atomic E-state index is -0.486. The molecule has 0 rings (SSSR count). The second kappa shape index (κ2) is 7.23. The number of hydrogen-bond donors (Lipinski definition) is 3. The van der Waals surface area contributed by atoms with E-state index in [1.165, 1.54) is 0 Å². The molecule has 5 nitrogen and oxygen atoms in total. The van der Waals surface area contributed by atoms with E-state index in [4.69, 9.17) is 0 Å². The van der Waals surface area contributed by atoms with Crippen LogP contribution in [-0.2, 0) is 9.59 Å². The van der Waals surface area contributed by atoms with Gasteiger partial charge in [0, 0.05) is 6.04 Å². The number of carbonyl (C=O) groups excluding carboxylic acids is 2. The average molecular weight is 215 g/mol. The number of likely N-dealkylation sites (N-methyl/N-ethyl adjacent to an activating group) is 1. The van der Waals surface area contributed by atoms with Crippen LogP contribution in [0, 0.1) is 0 Å². The summed E-state index contributed by atoms with van der Waals surface area (Å²) in [5.74, 6) is -0.321. The van der Waals surface area contributed by atoms with E-state index < -0.39 is 6.04 Å². The first-order valence-corrected chi connectivity index (χ1v) is 5.25. The molecule has 0 spiro atoms. The molecule has 0 aliphatic rings. The zero-order valence-corrected chi connectivity index (χ0v) is 9.89. The van der Waals surface area contributed by atoms with Crippen molar-refractivity contribution in [3.63, 3.8) is 0 Å². The van der Waals surface area contributed by atoms with Gasteiger partial charge in [0.15, 0.2) is 0 Å². The maximum Gasteiger partial charge on any atom is 0.242 e. The Kier molecular flexibility index (Phi) is 6.70. The molecule has 0 heterocycles. The fourth-order valence-corrected chi connectivity index (χ4v) is 0.989. The normalized spacial score (nSPS) is 14.1. The fourth-order valence-electron chi connectivity index (χ4n) is 0.989. The van der Waals surface area contributed by atoms with Crippen LogP contribution in [0.15, 0.2) is 0 Å². The highest BCUT2D eigenvalue weighted by Gasteiger charge is 2.15. The summed E-state index contributed by atoms with van der Waals surface area (Å²) in [5.41, 5.74) is 0. The Morgan fingerprint density at radius 3 is 2.27 bits per heavy atom. The van der Waals surface area contributed by atoms with Crippen molar-refractivity contribution in [1.82, 2.24) is 16.0 Å². The van der Waals surface area contributed by atoms with Crippen LogP contribution in [0.25, 0.3) is 0 Å². The maximum absolute atomic E-state index is 11.5. The number of carbonyl (C=O) groups is 2. The molecule has 5 heteroatoms. The maximum atomic E-state index is 11.5. The lowest BCUT2D eigenvalue weighted by Crippen LogP contribution is -2.48. The molecule has 2 atom stereocenters. The van der Waals surface area contributed by atoms with Gasteiger partial charge in [-0.1, -0.05) is 6.92 Å². The molecule has 88 valence electrons. The van der Waals surface area contributed by atoms with Crippen molar-refractivity contribution < 1.29 is 9.59 Å². The second-order valence-corrected chi connectivity index (χ2v) is 3.64. The van der Waals surface area contributed by atoms with Gasteiger partial charge in [-0.15, -0.1) is 0 Å². The highest BCUT2D eigenvalue weighted by Crippen LogP contribution is 1.90. The molecule has 0 saturated carbocycles. The molecular formula is C10H21N3O2. The summed E-state index contributed by atoms with van der Waals surface area (Å²) in [6.07, 6.45) is 0.878. The standard InChI is InChI=1S/C10H21N3O2/c1-5-7(2)12-10(15)8(3)13-9(14)6-11-4/h7-8,11H,5-6H2,1-4H3,(H,12,15)(H,13,14). The molecule has 0 bridgehead atoms. The predicted octanol–water partition coefficient (Wildman–Crippen LogP) is -0.375. The van der Waals surface area contributed by atoms with E-state index in [1.54, 1.807) is 14.0 Å². The van der Waals surface area contributed by atoms with Crippen molar-refractivity contribution in [2.75, 3.05) is 13.6 Å². The lowest BCUT2D eigenvalue weighted by atomic mass is 10.2.